The predicted molar refractivity (Wildman–Crippen MR) is 69.2 cm³/mol. The fraction of sp³-hybridized carbons (Fsp3) is 0.455. The average Bonchev–Trinajstić information content (AvgIpc) is 2.30. The summed E-state index contributed by atoms with van der Waals surface area (Å²) in [4.78, 5) is 0. The first-order valence-electron chi connectivity index (χ1n) is 5.39. The second-order valence-electron chi connectivity index (χ2n) is 4.10. The van der Waals surface area contributed by atoms with E-state index in [9.17, 15) is 21.6 Å². The maximum Gasteiger partial charge on any atom is 0.301 e. The highest BCUT2D eigenvalue weighted by Crippen LogP contribution is 2.35. The molecule has 0 fully saturated rings. The molecule has 0 radical (unpaired) electrons. The predicted octanol–water partition coefficient (Wildman–Crippen LogP) is 4.10. The Bertz CT molecular complexity index is 535. The fourth-order valence-electron chi connectivity index (χ4n) is 1.56. The summed E-state index contributed by atoms with van der Waals surface area (Å²) >= 11 is 2.92. The second-order valence-corrected chi connectivity index (χ2v) is 7.72. The van der Waals surface area contributed by atoms with Gasteiger partial charge in [0.25, 0.3) is 10.1 Å². The number of hydrogen-bond donors (Lipinski definition) is 1. The first-order chi connectivity index (χ1) is 8.66. The summed E-state index contributed by atoms with van der Waals surface area (Å²) in [6.45, 7) is 0. The van der Waals surface area contributed by atoms with Crippen molar-refractivity contribution in [2.45, 2.75) is 29.3 Å². The minimum atomic E-state index is -4.28. The van der Waals surface area contributed by atoms with E-state index in [2.05, 4.69) is 15.9 Å². The van der Waals surface area contributed by atoms with E-state index >= 15 is 0 Å². The Morgan fingerprint density at radius 2 is 2.05 bits per heavy atom. The van der Waals surface area contributed by atoms with Crippen molar-refractivity contribution in [2.75, 3.05) is 0 Å². The highest BCUT2D eigenvalue weighted by molar-refractivity contribution is 9.11. The van der Waals surface area contributed by atoms with Crippen LogP contribution in [0.25, 0.3) is 0 Å². The van der Waals surface area contributed by atoms with Crippen molar-refractivity contribution < 1.29 is 26.1 Å². The Balaban J connectivity index is 2.55. The smallest absolute Gasteiger partial charge is 0.284 e. The Hall–Kier alpha value is -0.600. The van der Waals surface area contributed by atoms with Gasteiger partial charge in [0, 0.05) is 12.8 Å². The second kappa shape index (κ2) is 6.23. The van der Waals surface area contributed by atoms with Crippen LogP contribution in [0.4, 0.5) is 13.2 Å². The number of hydrogen-bond acceptors (Lipinski definition) is 2. The SMILES string of the molecule is O=S(=O)(O)C1(Br)C=CC(CCCC(F)=C(F)F)=CC1. The van der Waals surface area contributed by atoms with Gasteiger partial charge in [0.1, 0.15) is 0 Å². The van der Waals surface area contributed by atoms with Gasteiger partial charge >= 0.3 is 6.08 Å². The highest BCUT2D eigenvalue weighted by atomic mass is 79.9. The van der Waals surface area contributed by atoms with Crippen LogP contribution >= 0.6 is 15.9 Å². The van der Waals surface area contributed by atoms with Gasteiger partial charge in [-0.15, -0.1) is 0 Å². The Morgan fingerprint density at radius 3 is 2.47 bits per heavy atom. The van der Waals surface area contributed by atoms with E-state index < -0.39 is 25.7 Å². The zero-order chi connectivity index (χ0) is 14.7. The monoisotopic (exact) mass is 360 g/mol. The first kappa shape index (κ1) is 16.5. The summed E-state index contributed by atoms with van der Waals surface area (Å²) in [6.07, 6.45) is 2.22. The molecule has 0 spiro atoms. The van der Waals surface area contributed by atoms with Crippen LogP contribution in [0.3, 0.4) is 0 Å². The third-order valence-corrected chi connectivity index (χ3v) is 5.66. The van der Waals surface area contributed by atoms with Gasteiger partial charge in [-0.2, -0.15) is 17.2 Å². The van der Waals surface area contributed by atoms with Gasteiger partial charge in [0.2, 0.25) is 0 Å². The van der Waals surface area contributed by atoms with E-state index in [1.807, 2.05) is 0 Å². The van der Waals surface area contributed by atoms with E-state index in [0.717, 1.165) is 0 Å². The third kappa shape index (κ3) is 4.47. The number of allylic oxidation sites excluding steroid dienone is 4. The summed E-state index contributed by atoms with van der Waals surface area (Å²) in [7, 11) is -4.28. The van der Waals surface area contributed by atoms with Crippen LogP contribution in [0.1, 0.15) is 25.7 Å². The average molecular weight is 361 g/mol. The first-order valence-corrected chi connectivity index (χ1v) is 7.63. The summed E-state index contributed by atoms with van der Waals surface area (Å²) in [5.41, 5.74) is 0.714. The number of halogens is 4. The molecular formula is C11H12BrF3O3S. The van der Waals surface area contributed by atoms with Crippen LogP contribution in [0.2, 0.25) is 0 Å². The largest absolute Gasteiger partial charge is 0.301 e. The summed E-state index contributed by atoms with van der Waals surface area (Å²) < 4.78 is 65.8. The van der Waals surface area contributed by atoms with Crippen LogP contribution < -0.4 is 0 Å². The molecular weight excluding hydrogens is 349 g/mol. The van der Waals surface area contributed by atoms with Gasteiger partial charge in [0.15, 0.2) is 9.48 Å². The lowest BCUT2D eigenvalue weighted by molar-refractivity contribution is 0.368. The summed E-state index contributed by atoms with van der Waals surface area (Å²) in [6, 6.07) is 0. The standard InChI is InChI=1S/C11H12BrF3O3S/c12-11(19(16,17)18)6-4-8(5-7-11)2-1-3-9(13)10(14)15/h4-6H,1-3,7H2,(H,16,17,18). The van der Waals surface area contributed by atoms with Gasteiger partial charge in [-0.25, -0.2) is 4.39 Å². The van der Waals surface area contributed by atoms with Crippen LogP contribution in [-0.2, 0) is 10.1 Å². The molecule has 108 valence electrons. The lowest BCUT2D eigenvalue weighted by atomic mass is 10.0. The van der Waals surface area contributed by atoms with E-state index in [4.69, 9.17) is 4.55 Å². The van der Waals surface area contributed by atoms with Gasteiger partial charge < -0.3 is 0 Å². The van der Waals surface area contributed by atoms with E-state index in [1.54, 1.807) is 6.08 Å². The number of rotatable bonds is 5. The van der Waals surface area contributed by atoms with E-state index in [-0.39, 0.29) is 19.3 Å². The topological polar surface area (TPSA) is 54.4 Å². The van der Waals surface area contributed by atoms with Crippen molar-refractivity contribution in [3.63, 3.8) is 0 Å². The molecule has 1 N–H and O–H groups in total. The highest BCUT2D eigenvalue weighted by Gasteiger charge is 2.38. The molecule has 1 aliphatic rings. The van der Waals surface area contributed by atoms with Crippen LogP contribution in [0.5, 0.6) is 0 Å². The van der Waals surface area contributed by atoms with Crippen LogP contribution in [0.15, 0.2) is 35.7 Å². The molecule has 0 saturated heterocycles. The maximum atomic E-state index is 12.5. The summed E-state index contributed by atoms with van der Waals surface area (Å²) in [5, 5.41) is 0. The molecule has 0 aromatic rings. The van der Waals surface area contributed by atoms with Gasteiger partial charge in [-0.1, -0.05) is 33.7 Å². The maximum absolute atomic E-state index is 12.5. The minimum absolute atomic E-state index is 0.0213. The van der Waals surface area contributed by atoms with Crippen LogP contribution in [0, 0.1) is 0 Å². The van der Waals surface area contributed by atoms with E-state index in [0.29, 0.717) is 12.0 Å². The van der Waals surface area contributed by atoms with Gasteiger partial charge in [0.05, 0.1) is 0 Å². The third-order valence-electron chi connectivity index (χ3n) is 2.68. The van der Waals surface area contributed by atoms with Crippen molar-refractivity contribution in [1.82, 2.24) is 0 Å². The lowest BCUT2D eigenvalue weighted by Gasteiger charge is -2.22. The molecule has 0 saturated carbocycles. The molecule has 1 aliphatic carbocycles. The normalized spacial score (nSPS) is 23.1. The molecule has 8 heteroatoms. The molecule has 0 amide bonds. The molecule has 1 unspecified atom stereocenters. The van der Waals surface area contributed by atoms with Crippen molar-refractivity contribution in [1.29, 1.82) is 0 Å². The minimum Gasteiger partial charge on any atom is -0.284 e. The zero-order valence-corrected chi connectivity index (χ0v) is 12.1. The van der Waals surface area contributed by atoms with Crippen molar-refractivity contribution in [3.8, 4) is 0 Å². The van der Waals surface area contributed by atoms with Crippen molar-refractivity contribution >= 4 is 26.0 Å². The lowest BCUT2D eigenvalue weighted by Crippen LogP contribution is -2.30. The zero-order valence-electron chi connectivity index (χ0n) is 9.74. The van der Waals surface area contributed by atoms with Crippen molar-refractivity contribution in [2.24, 2.45) is 0 Å². The fourth-order valence-corrected chi connectivity index (χ4v) is 2.38. The molecule has 0 heterocycles. The molecule has 0 aromatic carbocycles. The molecule has 3 nitrogen and oxygen atoms in total. The van der Waals surface area contributed by atoms with Crippen LogP contribution in [-0.4, -0.2) is 16.6 Å². The molecule has 0 bridgehead atoms. The summed E-state index contributed by atoms with van der Waals surface area (Å²) in [5.74, 6) is -1.42. The molecule has 0 aliphatic heterocycles. The molecule has 0 aromatic heterocycles. The van der Waals surface area contributed by atoms with Gasteiger partial charge in [-0.3, -0.25) is 4.55 Å². The van der Waals surface area contributed by atoms with Gasteiger partial charge in [-0.05, 0) is 18.9 Å². The Kier molecular flexibility index (Phi) is 5.40. The molecule has 19 heavy (non-hydrogen) atoms. The molecule has 1 atom stereocenters. The van der Waals surface area contributed by atoms with E-state index in [1.165, 1.54) is 12.2 Å². The Morgan fingerprint density at radius 1 is 1.42 bits per heavy atom. The molecule has 1 rings (SSSR count). The number of alkyl halides is 1. The Labute approximate surface area is 117 Å². The quantitative estimate of drug-likeness (QED) is 0.593. The van der Waals surface area contributed by atoms with Crippen molar-refractivity contribution in [3.05, 3.63) is 35.7 Å².